The third-order valence-corrected chi connectivity index (χ3v) is 3.06. The maximum atomic E-state index is 9.49. The van der Waals surface area contributed by atoms with Crippen molar-refractivity contribution in [3.63, 3.8) is 0 Å². The molecule has 1 N–H and O–H groups in total. The summed E-state index contributed by atoms with van der Waals surface area (Å²) in [6.45, 7) is 0.542. The number of rotatable bonds is 3. The molecule has 0 aliphatic heterocycles. The molecule has 0 aliphatic rings. The molecule has 0 aromatic heterocycles. The van der Waals surface area contributed by atoms with Crippen LogP contribution < -0.4 is 4.74 Å². The number of ether oxygens (including phenoxy) is 1. The molecule has 0 heterocycles. The van der Waals surface area contributed by atoms with Gasteiger partial charge in [-0.05, 0) is 35.2 Å². The fourth-order valence-electron chi connectivity index (χ4n) is 2.10. The molecule has 3 aromatic carbocycles. The number of hydrogen-bond donors (Lipinski definition) is 1. The zero-order chi connectivity index (χ0) is 13.1. The molecule has 19 heavy (non-hydrogen) atoms. The highest BCUT2D eigenvalue weighted by Gasteiger charge is 2.03. The van der Waals surface area contributed by atoms with Gasteiger partial charge in [-0.3, -0.25) is 0 Å². The van der Waals surface area contributed by atoms with E-state index in [9.17, 15) is 5.11 Å². The van der Waals surface area contributed by atoms with Crippen LogP contribution in [0.2, 0.25) is 0 Å². The highest BCUT2D eigenvalue weighted by atomic mass is 16.5. The highest BCUT2D eigenvalue weighted by molar-refractivity contribution is 5.89. The number of aromatic hydroxyl groups is 1. The Bertz CT molecular complexity index is 690. The molecule has 94 valence electrons. The zero-order valence-electron chi connectivity index (χ0n) is 10.4. The second kappa shape index (κ2) is 5.02. The van der Waals surface area contributed by atoms with Crippen LogP contribution in [0.25, 0.3) is 10.8 Å². The van der Waals surface area contributed by atoms with E-state index in [1.165, 1.54) is 0 Å². The topological polar surface area (TPSA) is 29.5 Å². The maximum absolute atomic E-state index is 9.49. The quantitative estimate of drug-likeness (QED) is 0.757. The molecule has 0 fully saturated rings. The standard InChI is InChI=1S/C17H14O2/c18-15-9-10-16-14(11-15)7-4-8-17(16)19-12-13-5-2-1-3-6-13/h1-11,18H,12H2. The minimum atomic E-state index is 0.271. The SMILES string of the molecule is Oc1ccc2c(OCc3ccccc3)cccc2c1. The number of phenols is 1. The number of benzene rings is 3. The largest absolute Gasteiger partial charge is 0.508 e. The lowest BCUT2D eigenvalue weighted by Gasteiger charge is -2.09. The normalized spacial score (nSPS) is 10.5. The average Bonchev–Trinajstić information content (AvgIpc) is 2.45. The van der Waals surface area contributed by atoms with Crippen LogP contribution in [0, 0.1) is 0 Å². The Morgan fingerprint density at radius 3 is 2.53 bits per heavy atom. The van der Waals surface area contributed by atoms with Gasteiger partial charge in [0.1, 0.15) is 18.1 Å². The van der Waals surface area contributed by atoms with Crippen LogP contribution in [0.15, 0.2) is 66.7 Å². The second-order valence-corrected chi connectivity index (χ2v) is 4.44. The van der Waals surface area contributed by atoms with Gasteiger partial charge in [-0.15, -0.1) is 0 Å². The minimum absolute atomic E-state index is 0.271. The first-order valence-corrected chi connectivity index (χ1v) is 6.21. The first-order valence-electron chi connectivity index (χ1n) is 6.21. The number of phenolic OH excluding ortho intramolecular Hbond substituents is 1. The predicted octanol–water partition coefficient (Wildman–Crippen LogP) is 4.12. The summed E-state index contributed by atoms with van der Waals surface area (Å²) in [4.78, 5) is 0. The summed E-state index contributed by atoms with van der Waals surface area (Å²) in [6.07, 6.45) is 0. The number of fused-ring (bicyclic) bond motifs is 1. The summed E-state index contributed by atoms with van der Waals surface area (Å²) in [5.41, 5.74) is 1.14. The van der Waals surface area contributed by atoms with Crippen LogP contribution in [0.5, 0.6) is 11.5 Å². The van der Waals surface area contributed by atoms with E-state index >= 15 is 0 Å². The van der Waals surface area contributed by atoms with Gasteiger partial charge in [0.2, 0.25) is 0 Å². The van der Waals surface area contributed by atoms with Crippen molar-refractivity contribution in [2.45, 2.75) is 6.61 Å². The van der Waals surface area contributed by atoms with Crippen molar-refractivity contribution in [3.8, 4) is 11.5 Å². The van der Waals surface area contributed by atoms with Crippen molar-refractivity contribution in [3.05, 3.63) is 72.3 Å². The van der Waals surface area contributed by atoms with Gasteiger partial charge in [-0.25, -0.2) is 0 Å². The predicted molar refractivity (Wildman–Crippen MR) is 76.4 cm³/mol. The van der Waals surface area contributed by atoms with E-state index in [0.717, 1.165) is 22.1 Å². The molecule has 0 radical (unpaired) electrons. The molecule has 3 aromatic rings. The smallest absolute Gasteiger partial charge is 0.127 e. The summed E-state index contributed by atoms with van der Waals surface area (Å²) < 4.78 is 5.86. The van der Waals surface area contributed by atoms with Gasteiger partial charge in [0.15, 0.2) is 0 Å². The van der Waals surface area contributed by atoms with Crippen LogP contribution >= 0.6 is 0 Å². The van der Waals surface area contributed by atoms with Gasteiger partial charge < -0.3 is 9.84 Å². The molecule has 0 unspecified atom stereocenters. The van der Waals surface area contributed by atoms with E-state index in [1.807, 2.05) is 54.6 Å². The third kappa shape index (κ3) is 2.52. The number of hydrogen-bond acceptors (Lipinski definition) is 2. The Morgan fingerprint density at radius 1 is 0.842 bits per heavy atom. The van der Waals surface area contributed by atoms with Crippen LogP contribution in [-0.2, 0) is 6.61 Å². The third-order valence-electron chi connectivity index (χ3n) is 3.06. The summed E-state index contributed by atoms with van der Waals surface area (Å²) in [7, 11) is 0. The Hall–Kier alpha value is -2.48. The summed E-state index contributed by atoms with van der Waals surface area (Å²) in [5, 5.41) is 11.5. The molecular weight excluding hydrogens is 236 g/mol. The van der Waals surface area contributed by atoms with Crippen LogP contribution in [0.4, 0.5) is 0 Å². The van der Waals surface area contributed by atoms with Gasteiger partial charge >= 0.3 is 0 Å². The first-order chi connectivity index (χ1) is 9.33. The van der Waals surface area contributed by atoms with Crippen LogP contribution in [0.1, 0.15) is 5.56 Å². The molecule has 0 amide bonds. The fourth-order valence-corrected chi connectivity index (χ4v) is 2.10. The lowest BCUT2D eigenvalue weighted by Crippen LogP contribution is -1.95. The van der Waals surface area contributed by atoms with E-state index in [-0.39, 0.29) is 5.75 Å². The lowest BCUT2D eigenvalue weighted by molar-refractivity contribution is 0.310. The Balaban J connectivity index is 1.89. The van der Waals surface area contributed by atoms with Crippen molar-refractivity contribution < 1.29 is 9.84 Å². The zero-order valence-corrected chi connectivity index (χ0v) is 10.4. The van der Waals surface area contributed by atoms with Crippen LogP contribution in [-0.4, -0.2) is 5.11 Å². The van der Waals surface area contributed by atoms with E-state index in [4.69, 9.17) is 4.74 Å². The molecule has 0 saturated carbocycles. The van der Waals surface area contributed by atoms with Crippen molar-refractivity contribution >= 4 is 10.8 Å². The maximum Gasteiger partial charge on any atom is 0.127 e. The van der Waals surface area contributed by atoms with E-state index in [1.54, 1.807) is 12.1 Å². The van der Waals surface area contributed by atoms with E-state index in [0.29, 0.717) is 6.61 Å². The molecule has 0 aliphatic carbocycles. The molecular formula is C17H14O2. The van der Waals surface area contributed by atoms with E-state index < -0.39 is 0 Å². The molecule has 0 bridgehead atoms. The monoisotopic (exact) mass is 250 g/mol. The lowest BCUT2D eigenvalue weighted by atomic mass is 10.1. The van der Waals surface area contributed by atoms with Crippen LogP contribution in [0.3, 0.4) is 0 Å². The van der Waals surface area contributed by atoms with Gasteiger partial charge in [0.25, 0.3) is 0 Å². The minimum Gasteiger partial charge on any atom is -0.508 e. The first kappa shape index (κ1) is 11.6. The average molecular weight is 250 g/mol. The van der Waals surface area contributed by atoms with E-state index in [2.05, 4.69) is 0 Å². The molecule has 0 spiro atoms. The molecule has 0 atom stereocenters. The highest BCUT2D eigenvalue weighted by Crippen LogP contribution is 2.28. The second-order valence-electron chi connectivity index (χ2n) is 4.44. The molecule has 2 heteroatoms. The van der Waals surface area contributed by atoms with Crippen molar-refractivity contribution in [2.24, 2.45) is 0 Å². The van der Waals surface area contributed by atoms with Crippen molar-refractivity contribution in [1.82, 2.24) is 0 Å². The van der Waals surface area contributed by atoms with Crippen molar-refractivity contribution in [2.75, 3.05) is 0 Å². The summed E-state index contributed by atoms with van der Waals surface area (Å²) in [5.74, 6) is 1.11. The molecule has 0 saturated heterocycles. The Morgan fingerprint density at radius 2 is 1.68 bits per heavy atom. The van der Waals surface area contributed by atoms with Gasteiger partial charge in [0.05, 0.1) is 0 Å². The Labute approximate surface area is 111 Å². The summed E-state index contributed by atoms with van der Waals surface area (Å²) in [6, 6.07) is 21.2. The van der Waals surface area contributed by atoms with Crippen molar-refractivity contribution in [1.29, 1.82) is 0 Å². The summed E-state index contributed by atoms with van der Waals surface area (Å²) >= 11 is 0. The van der Waals surface area contributed by atoms with Gasteiger partial charge in [0, 0.05) is 5.39 Å². The van der Waals surface area contributed by atoms with Gasteiger partial charge in [-0.2, -0.15) is 0 Å². The molecule has 2 nitrogen and oxygen atoms in total. The molecule has 3 rings (SSSR count). The Kier molecular flexibility index (Phi) is 3.07. The van der Waals surface area contributed by atoms with Gasteiger partial charge in [-0.1, -0.05) is 42.5 Å². The fraction of sp³-hybridized carbons (Fsp3) is 0.0588.